The van der Waals surface area contributed by atoms with Crippen LogP contribution in [0.2, 0.25) is 0 Å². The zero-order valence-corrected chi connectivity index (χ0v) is 17.0. The minimum Gasteiger partial charge on any atom is -0.355 e. The highest BCUT2D eigenvalue weighted by Crippen LogP contribution is 2.29. The minimum atomic E-state index is 0.0482. The van der Waals surface area contributed by atoms with Crippen LogP contribution in [0.25, 0.3) is 11.0 Å². The number of hydrogen-bond acceptors (Lipinski definition) is 7. The Labute approximate surface area is 165 Å². The van der Waals surface area contributed by atoms with Crippen LogP contribution < -0.4 is 5.32 Å². The maximum Gasteiger partial charge on any atom is 0.230 e. The van der Waals surface area contributed by atoms with Crippen molar-refractivity contribution in [1.29, 1.82) is 0 Å². The number of fused-ring (bicyclic) bond motifs is 1. The minimum absolute atomic E-state index is 0.0482. The highest BCUT2D eigenvalue weighted by Gasteiger charge is 2.08. The number of thioether (sulfide) groups is 2. The third-order valence-corrected chi connectivity index (χ3v) is 6.78. The van der Waals surface area contributed by atoms with Crippen molar-refractivity contribution in [1.82, 2.24) is 25.5 Å². The standard InChI is InChI=1S/C17H21N5OS3/c1-2-9-18-15(23)11-25-17-22-21-16(26-17)24-10-5-8-14-19-12-6-3-4-7-13(12)20-14/h3-4,6-7H,2,5,8-11H2,1H3,(H,18,23)(H,19,20). The molecule has 2 heterocycles. The van der Waals surface area contributed by atoms with Crippen molar-refractivity contribution in [2.45, 2.75) is 34.9 Å². The first kappa shape index (κ1) is 19.2. The molecular formula is C17H21N5OS3. The van der Waals surface area contributed by atoms with Crippen molar-refractivity contribution in [2.24, 2.45) is 0 Å². The van der Waals surface area contributed by atoms with E-state index in [0.717, 1.165) is 57.1 Å². The molecule has 0 saturated carbocycles. The summed E-state index contributed by atoms with van der Waals surface area (Å²) in [6, 6.07) is 8.08. The number of carbonyl (C=O) groups is 1. The van der Waals surface area contributed by atoms with Gasteiger partial charge in [-0.1, -0.05) is 53.9 Å². The van der Waals surface area contributed by atoms with Crippen LogP contribution in [0.1, 0.15) is 25.6 Å². The average Bonchev–Trinajstić information content (AvgIpc) is 3.28. The highest BCUT2D eigenvalue weighted by molar-refractivity contribution is 8.03. The predicted molar refractivity (Wildman–Crippen MR) is 109 cm³/mol. The molecule has 3 aromatic rings. The summed E-state index contributed by atoms with van der Waals surface area (Å²) >= 11 is 4.70. The number of aromatic amines is 1. The topological polar surface area (TPSA) is 83.6 Å². The molecule has 0 spiro atoms. The van der Waals surface area contributed by atoms with Crippen LogP contribution in [0, 0.1) is 0 Å². The van der Waals surface area contributed by atoms with Gasteiger partial charge in [0.1, 0.15) is 5.82 Å². The maximum atomic E-state index is 11.6. The van der Waals surface area contributed by atoms with E-state index < -0.39 is 0 Å². The van der Waals surface area contributed by atoms with Crippen LogP contribution in [-0.2, 0) is 11.2 Å². The van der Waals surface area contributed by atoms with Gasteiger partial charge >= 0.3 is 0 Å². The lowest BCUT2D eigenvalue weighted by molar-refractivity contribution is -0.118. The third kappa shape index (κ3) is 5.72. The van der Waals surface area contributed by atoms with Crippen molar-refractivity contribution >= 4 is 51.8 Å². The van der Waals surface area contributed by atoms with E-state index in [0.29, 0.717) is 5.75 Å². The maximum absolute atomic E-state index is 11.6. The van der Waals surface area contributed by atoms with Crippen molar-refractivity contribution in [3.63, 3.8) is 0 Å². The summed E-state index contributed by atoms with van der Waals surface area (Å²) in [6.45, 7) is 2.76. The number of para-hydroxylation sites is 2. The SMILES string of the molecule is CCCNC(=O)CSc1nnc(SCCCc2nc3ccccc3[nH]2)s1. The van der Waals surface area contributed by atoms with Gasteiger partial charge < -0.3 is 10.3 Å². The van der Waals surface area contributed by atoms with Gasteiger partial charge in [-0.05, 0) is 25.0 Å². The average molecular weight is 408 g/mol. The van der Waals surface area contributed by atoms with E-state index >= 15 is 0 Å². The molecule has 0 fully saturated rings. The van der Waals surface area contributed by atoms with Gasteiger partial charge in [0.05, 0.1) is 16.8 Å². The number of benzene rings is 1. The van der Waals surface area contributed by atoms with Gasteiger partial charge in [0, 0.05) is 18.7 Å². The van der Waals surface area contributed by atoms with Gasteiger partial charge in [-0.15, -0.1) is 10.2 Å². The van der Waals surface area contributed by atoms with Crippen LogP contribution in [0.3, 0.4) is 0 Å². The Kier molecular flexibility index (Phi) is 7.33. The molecule has 0 bridgehead atoms. The monoisotopic (exact) mass is 407 g/mol. The number of H-pyrrole nitrogens is 1. The van der Waals surface area contributed by atoms with Crippen LogP contribution in [0.15, 0.2) is 32.9 Å². The lowest BCUT2D eigenvalue weighted by atomic mass is 10.3. The zero-order chi connectivity index (χ0) is 18.2. The van der Waals surface area contributed by atoms with Gasteiger partial charge in [0.15, 0.2) is 8.68 Å². The fourth-order valence-electron chi connectivity index (χ4n) is 2.28. The number of nitrogens with one attached hydrogen (secondary N) is 2. The Morgan fingerprint density at radius 2 is 2.04 bits per heavy atom. The summed E-state index contributed by atoms with van der Waals surface area (Å²) in [5, 5.41) is 11.2. The molecule has 26 heavy (non-hydrogen) atoms. The molecular weight excluding hydrogens is 386 g/mol. The molecule has 0 saturated heterocycles. The fourth-order valence-corrected chi connectivity index (χ4v) is 5.14. The lowest BCUT2D eigenvalue weighted by Gasteiger charge is -2.00. The van der Waals surface area contributed by atoms with Gasteiger partial charge in [-0.25, -0.2) is 4.98 Å². The molecule has 0 radical (unpaired) electrons. The molecule has 1 amide bonds. The number of imidazole rings is 1. The molecule has 1 aromatic carbocycles. The van der Waals surface area contributed by atoms with Crippen molar-refractivity contribution in [3.05, 3.63) is 30.1 Å². The summed E-state index contributed by atoms with van der Waals surface area (Å²) < 4.78 is 1.79. The van der Waals surface area contributed by atoms with Gasteiger partial charge in [0.2, 0.25) is 5.91 Å². The Balaban J connectivity index is 1.37. The smallest absolute Gasteiger partial charge is 0.230 e. The Bertz CT molecular complexity index is 815. The highest BCUT2D eigenvalue weighted by atomic mass is 32.2. The van der Waals surface area contributed by atoms with E-state index in [9.17, 15) is 4.79 Å². The summed E-state index contributed by atoms with van der Waals surface area (Å²) in [7, 11) is 0. The number of aromatic nitrogens is 4. The second kappa shape index (κ2) is 9.94. The predicted octanol–water partition coefficient (Wildman–Crippen LogP) is 3.76. The molecule has 0 aliphatic carbocycles. The molecule has 6 nitrogen and oxygen atoms in total. The number of nitrogens with zero attached hydrogens (tertiary/aromatic N) is 3. The third-order valence-electron chi connectivity index (χ3n) is 3.51. The molecule has 0 aliphatic rings. The van der Waals surface area contributed by atoms with Gasteiger partial charge in [-0.2, -0.15) is 0 Å². The number of carbonyl (C=O) groups excluding carboxylic acids is 1. The lowest BCUT2D eigenvalue weighted by Crippen LogP contribution is -2.25. The molecule has 3 rings (SSSR count). The van der Waals surface area contributed by atoms with E-state index in [1.165, 1.54) is 11.8 Å². The first-order valence-corrected chi connectivity index (χ1v) is 11.3. The summed E-state index contributed by atoms with van der Waals surface area (Å²) in [5.74, 6) is 2.43. The van der Waals surface area contributed by atoms with Crippen molar-refractivity contribution in [2.75, 3.05) is 18.1 Å². The molecule has 9 heteroatoms. The van der Waals surface area contributed by atoms with E-state index in [1.807, 2.05) is 31.2 Å². The fraction of sp³-hybridized carbons (Fsp3) is 0.412. The Morgan fingerprint density at radius 1 is 1.23 bits per heavy atom. The second-order valence-electron chi connectivity index (χ2n) is 5.63. The molecule has 2 N–H and O–H groups in total. The first-order valence-electron chi connectivity index (χ1n) is 8.54. The largest absolute Gasteiger partial charge is 0.355 e. The van der Waals surface area contributed by atoms with Crippen LogP contribution in [0.4, 0.5) is 0 Å². The van der Waals surface area contributed by atoms with Crippen LogP contribution >= 0.6 is 34.9 Å². The number of rotatable bonds is 10. The van der Waals surface area contributed by atoms with Gasteiger partial charge in [0.25, 0.3) is 0 Å². The van der Waals surface area contributed by atoms with E-state index in [4.69, 9.17) is 0 Å². The number of aryl methyl sites for hydroxylation is 1. The Hall–Kier alpha value is -1.58. The molecule has 0 atom stereocenters. The molecule has 138 valence electrons. The normalized spacial score (nSPS) is 11.1. The molecule has 0 unspecified atom stereocenters. The quantitative estimate of drug-likeness (QED) is 0.393. The van der Waals surface area contributed by atoms with Crippen molar-refractivity contribution < 1.29 is 4.79 Å². The van der Waals surface area contributed by atoms with E-state index in [-0.39, 0.29) is 5.91 Å². The zero-order valence-electron chi connectivity index (χ0n) is 14.5. The Morgan fingerprint density at radius 3 is 2.85 bits per heavy atom. The van der Waals surface area contributed by atoms with Crippen LogP contribution in [0.5, 0.6) is 0 Å². The van der Waals surface area contributed by atoms with E-state index in [1.54, 1.807) is 23.1 Å². The van der Waals surface area contributed by atoms with Crippen LogP contribution in [-0.4, -0.2) is 44.1 Å². The van der Waals surface area contributed by atoms with Crippen molar-refractivity contribution in [3.8, 4) is 0 Å². The molecule has 2 aromatic heterocycles. The number of hydrogen-bond donors (Lipinski definition) is 2. The first-order chi connectivity index (χ1) is 12.7. The second-order valence-corrected chi connectivity index (χ2v) is 9.17. The van der Waals surface area contributed by atoms with Gasteiger partial charge in [-0.3, -0.25) is 4.79 Å². The summed E-state index contributed by atoms with van der Waals surface area (Å²) in [4.78, 5) is 19.5. The van der Waals surface area contributed by atoms with E-state index in [2.05, 4.69) is 25.5 Å². The summed E-state index contributed by atoms with van der Waals surface area (Å²) in [5.41, 5.74) is 2.10. The number of amides is 1. The molecule has 0 aliphatic heterocycles. The summed E-state index contributed by atoms with van der Waals surface area (Å²) in [6.07, 6.45) is 2.88.